The van der Waals surface area contributed by atoms with E-state index in [1.54, 1.807) is 7.05 Å². The SMILES string of the molecule is COCC(O)CN(C)c1ccc(C(F)(F)F)nn1. The van der Waals surface area contributed by atoms with Crippen LogP contribution in [0.2, 0.25) is 0 Å². The Hall–Kier alpha value is -1.41. The summed E-state index contributed by atoms with van der Waals surface area (Å²) in [6, 6.07) is 2.05. The largest absolute Gasteiger partial charge is 0.435 e. The molecule has 0 aliphatic carbocycles. The van der Waals surface area contributed by atoms with Crippen LogP contribution in [-0.4, -0.2) is 48.7 Å². The standard InChI is InChI=1S/C10H14F3N3O2/c1-16(5-7(17)6-18-2)9-4-3-8(14-15-9)10(11,12)13/h3-4,7,17H,5-6H2,1-2H3. The van der Waals surface area contributed by atoms with E-state index in [2.05, 4.69) is 10.2 Å². The molecule has 0 amide bonds. The smallest absolute Gasteiger partial charge is 0.389 e. The zero-order chi connectivity index (χ0) is 13.8. The Morgan fingerprint density at radius 3 is 2.50 bits per heavy atom. The van der Waals surface area contributed by atoms with Crippen LogP contribution in [-0.2, 0) is 10.9 Å². The van der Waals surface area contributed by atoms with E-state index >= 15 is 0 Å². The normalized spacial score (nSPS) is 13.4. The average Bonchev–Trinajstić information content (AvgIpc) is 2.28. The molecule has 1 heterocycles. The van der Waals surface area contributed by atoms with E-state index in [0.717, 1.165) is 6.07 Å². The minimum absolute atomic E-state index is 0.137. The van der Waals surface area contributed by atoms with Crippen molar-refractivity contribution in [2.45, 2.75) is 12.3 Å². The first-order valence-electron chi connectivity index (χ1n) is 5.13. The van der Waals surface area contributed by atoms with E-state index in [0.29, 0.717) is 0 Å². The summed E-state index contributed by atoms with van der Waals surface area (Å²) in [5, 5.41) is 16.0. The highest BCUT2D eigenvalue weighted by molar-refractivity contribution is 5.36. The van der Waals surface area contributed by atoms with E-state index in [1.165, 1.54) is 18.1 Å². The van der Waals surface area contributed by atoms with Crippen molar-refractivity contribution in [2.75, 3.05) is 32.2 Å². The number of alkyl halides is 3. The number of aromatic nitrogens is 2. The van der Waals surface area contributed by atoms with Crippen LogP contribution in [0.25, 0.3) is 0 Å². The predicted octanol–water partition coefficient (Wildman–Crippen LogP) is 0.939. The van der Waals surface area contributed by atoms with Gasteiger partial charge >= 0.3 is 6.18 Å². The summed E-state index contributed by atoms with van der Waals surface area (Å²) in [6.45, 7) is 0.326. The number of likely N-dealkylation sites (N-methyl/N-ethyl adjacent to an activating group) is 1. The molecule has 5 nitrogen and oxygen atoms in total. The zero-order valence-corrected chi connectivity index (χ0v) is 9.98. The Labute approximate surface area is 102 Å². The van der Waals surface area contributed by atoms with Gasteiger partial charge in [0.15, 0.2) is 11.5 Å². The fraction of sp³-hybridized carbons (Fsp3) is 0.600. The molecule has 0 saturated carbocycles. The summed E-state index contributed by atoms with van der Waals surface area (Å²) in [6.07, 6.45) is -5.25. The van der Waals surface area contributed by atoms with E-state index in [9.17, 15) is 18.3 Å². The lowest BCUT2D eigenvalue weighted by Gasteiger charge is -2.20. The van der Waals surface area contributed by atoms with Crippen LogP contribution >= 0.6 is 0 Å². The van der Waals surface area contributed by atoms with Gasteiger partial charge in [-0.25, -0.2) is 0 Å². The molecule has 0 aromatic carbocycles. The predicted molar refractivity (Wildman–Crippen MR) is 58.2 cm³/mol. The molecule has 0 bridgehead atoms. The summed E-state index contributed by atoms with van der Waals surface area (Å²) in [5.41, 5.74) is -1.04. The van der Waals surface area contributed by atoms with Gasteiger partial charge in [-0.05, 0) is 12.1 Å². The van der Waals surface area contributed by atoms with E-state index in [4.69, 9.17) is 4.74 Å². The highest BCUT2D eigenvalue weighted by Gasteiger charge is 2.33. The van der Waals surface area contributed by atoms with Gasteiger partial charge in [0.05, 0.1) is 12.7 Å². The molecule has 1 aromatic heterocycles. The third kappa shape index (κ3) is 4.11. The average molecular weight is 265 g/mol. The molecular weight excluding hydrogens is 251 g/mol. The maximum atomic E-state index is 12.3. The summed E-state index contributed by atoms with van der Waals surface area (Å²) >= 11 is 0. The van der Waals surface area contributed by atoms with Crippen LogP contribution < -0.4 is 4.90 Å². The van der Waals surface area contributed by atoms with Gasteiger partial charge in [0.25, 0.3) is 0 Å². The van der Waals surface area contributed by atoms with Gasteiger partial charge in [0.2, 0.25) is 0 Å². The summed E-state index contributed by atoms with van der Waals surface area (Å²) in [4.78, 5) is 1.50. The Morgan fingerprint density at radius 1 is 1.39 bits per heavy atom. The summed E-state index contributed by atoms with van der Waals surface area (Å²) in [5.74, 6) is 0.248. The van der Waals surface area contributed by atoms with Gasteiger partial charge in [0, 0.05) is 20.7 Å². The van der Waals surface area contributed by atoms with E-state index in [-0.39, 0.29) is 19.0 Å². The van der Waals surface area contributed by atoms with Gasteiger partial charge in [-0.15, -0.1) is 10.2 Å². The van der Waals surface area contributed by atoms with Gasteiger partial charge in [0.1, 0.15) is 0 Å². The number of hydrogen-bond donors (Lipinski definition) is 1. The molecule has 0 fully saturated rings. The van der Waals surface area contributed by atoms with E-state index in [1.807, 2.05) is 0 Å². The molecule has 0 aliphatic rings. The van der Waals surface area contributed by atoms with Crippen molar-refractivity contribution in [1.29, 1.82) is 0 Å². The van der Waals surface area contributed by atoms with Gasteiger partial charge in [-0.2, -0.15) is 13.2 Å². The van der Waals surface area contributed by atoms with Crippen LogP contribution in [0.15, 0.2) is 12.1 Å². The zero-order valence-electron chi connectivity index (χ0n) is 9.98. The van der Waals surface area contributed by atoms with Gasteiger partial charge in [-0.3, -0.25) is 0 Å². The Morgan fingerprint density at radius 2 is 2.06 bits per heavy atom. The molecule has 1 rings (SSSR count). The summed E-state index contributed by atoms with van der Waals surface area (Å²) in [7, 11) is 3.04. The number of aliphatic hydroxyl groups is 1. The molecule has 18 heavy (non-hydrogen) atoms. The highest BCUT2D eigenvalue weighted by Crippen LogP contribution is 2.27. The molecule has 102 valence electrons. The number of ether oxygens (including phenoxy) is 1. The highest BCUT2D eigenvalue weighted by atomic mass is 19.4. The number of hydrogen-bond acceptors (Lipinski definition) is 5. The second kappa shape index (κ2) is 5.96. The number of aliphatic hydroxyl groups excluding tert-OH is 1. The molecule has 8 heteroatoms. The van der Waals surface area contributed by atoms with Crippen LogP contribution in [0.1, 0.15) is 5.69 Å². The molecule has 1 aromatic rings. The number of anilines is 1. The Kier molecular flexibility index (Phi) is 4.85. The number of rotatable bonds is 5. The fourth-order valence-corrected chi connectivity index (χ4v) is 1.33. The van der Waals surface area contributed by atoms with Crippen LogP contribution in [0.3, 0.4) is 0 Å². The molecule has 0 saturated heterocycles. The molecular formula is C10H14F3N3O2. The Bertz CT molecular complexity index is 370. The first-order valence-corrected chi connectivity index (χ1v) is 5.13. The second-order valence-corrected chi connectivity index (χ2v) is 3.76. The number of methoxy groups -OCH3 is 1. The minimum Gasteiger partial charge on any atom is -0.389 e. The number of nitrogens with zero attached hydrogens (tertiary/aromatic N) is 3. The van der Waals surface area contributed by atoms with Crippen LogP contribution in [0.4, 0.5) is 19.0 Å². The second-order valence-electron chi connectivity index (χ2n) is 3.76. The Balaban J connectivity index is 2.67. The third-order valence-electron chi connectivity index (χ3n) is 2.18. The van der Waals surface area contributed by atoms with Crippen LogP contribution in [0.5, 0.6) is 0 Å². The lowest BCUT2D eigenvalue weighted by Crippen LogP contribution is -2.32. The minimum atomic E-state index is -4.50. The first-order chi connectivity index (χ1) is 8.34. The van der Waals surface area contributed by atoms with Crippen molar-refractivity contribution >= 4 is 5.82 Å². The first kappa shape index (κ1) is 14.7. The van der Waals surface area contributed by atoms with Gasteiger partial charge < -0.3 is 14.7 Å². The molecule has 0 radical (unpaired) electrons. The lowest BCUT2D eigenvalue weighted by atomic mass is 10.3. The monoisotopic (exact) mass is 265 g/mol. The van der Waals surface area contributed by atoms with Crippen molar-refractivity contribution in [3.63, 3.8) is 0 Å². The quantitative estimate of drug-likeness (QED) is 0.858. The summed E-state index contributed by atoms with van der Waals surface area (Å²) < 4.78 is 41.5. The van der Waals surface area contributed by atoms with Crippen molar-refractivity contribution in [2.24, 2.45) is 0 Å². The number of halogens is 3. The molecule has 1 unspecified atom stereocenters. The van der Waals surface area contributed by atoms with Crippen molar-refractivity contribution < 1.29 is 23.0 Å². The van der Waals surface area contributed by atoms with Crippen molar-refractivity contribution in [1.82, 2.24) is 10.2 Å². The van der Waals surface area contributed by atoms with E-state index < -0.39 is 18.0 Å². The van der Waals surface area contributed by atoms with Crippen molar-refractivity contribution in [3.8, 4) is 0 Å². The van der Waals surface area contributed by atoms with Gasteiger partial charge in [-0.1, -0.05) is 0 Å². The fourth-order valence-electron chi connectivity index (χ4n) is 1.33. The topological polar surface area (TPSA) is 58.5 Å². The molecule has 0 spiro atoms. The third-order valence-corrected chi connectivity index (χ3v) is 2.18. The molecule has 0 aliphatic heterocycles. The molecule has 1 N–H and O–H groups in total. The lowest BCUT2D eigenvalue weighted by molar-refractivity contribution is -0.141. The molecule has 1 atom stereocenters. The maximum absolute atomic E-state index is 12.3. The van der Waals surface area contributed by atoms with Crippen molar-refractivity contribution in [3.05, 3.63) is 17.8 Å². The van der Waals surface area contributed by atoms with Crippen LogP contribution in [0, 0.1) is 0 Å². The maximum Gasteiger partial charge on any atom is 0.435 e.